The lowest BCUT2D eigenvalue weighted by molar-refractivity contribution is -0.141. The topological polar surface area (TPSA) is 78.7 Å². The number of hydrogen-bond donors (Lipinski definition) is 2. The van der Waals surface area contributed by atoms with Gasteiger partial charge in [-0.2, -0.15) is 0 Å². The van der Waals surface area contributed by atoms with E-state index in [1.807, 2.05) is 11.9 Å². The van der Waals surface area contributed by atoms with E-state index < -0.39 is 6.04 Å². The van der Waals surface area contributed by atoms with E-state index >= 15 is 0 Å². The molecule has 2 heterocycles. The summed E-state index contributed by atoms with van der Waals surface area (Å²) >= 11 is 1.74. The maximum absolute atomic E-state index is 12.5. The van der Waals surface area contributed by atoms with E-state index in [0.29, 0.717) is 13.0 Å². The zero-order valence-electron chi connectivity index (χ0n) is 10.8. The van der Waals surface area contributed by atoms with Gasteiger partial charge in [0.25, 0.3) is 0 Å². The molecule has 0 aromatic heterocycles. The number of carbonyl (C=O) groups excluding carboxylic acids is 2. The molecule has 3 N–H and O–H groups in total. The lowest BCUT2D eigenvalue weighted by Gasteiger charge is -2.28. The van der Waals surface area contributed by atoms with Gasteiger partial charge in [-0.1, -0.05) is 0 Å². The Hall–Kier alpha value is -0.790. The molecule has 2 amide bonds. The second kappa shape index (κ2) is 5.46. The molecule has 2 aliphatic heterocycles. The highest BCUT2D eigenvalue weighted by Crippen LogP contribution is 2.24. The molecule has 0 aliphatic carbocycles. The number of nitrogens with two attached hydrogens (primary N) is 1. The van der Waals surface area contributed by atoms with Crippen LogP contribution in [0.1, 0.15) is 6.42 Å². The minimum absolute atomic E-state index is 0.0315. The second-order valence-electron chi connectivity index (χ2n) is 4.89. The Bertz CT molecular complexity index is 352. The average Bonchev–Trinajstić information content (AvgIpc) is 2.93. The van der Waals surface area contributed by atoms with E-state index in [1.54, 1.807) is 23.7 Å². The van der Waals surface area contributed by atoms with Crippen LogP contribution in [0.25, 0.3) is 0 Å². The maximum Gasteiger partial charge on any atom is 0.242 e. The van der Waals surface area contributed by atoms with E-state index in [1.165, 1.54) is 0 Å². The summed E-state index contributed by atoms with van der Waals surface area (Å²) in [4.78, 5) is 27.9. The Morgan fingerprint density at radius 3 is 2.67 bits per heavy atom. The Morgan fingerprint density at radius 1 is 1.39 bits per heavy atom. The third-order valence-electron chi connectivity index (χ3n) is 3.55. The van der Waals surface area contributed by atoms with Crippen molar-refractivity contribution in [2.45, 2.75) is 24.5 Å². The second-order valence-corrected chi connectivity index (χ2v) is 5.89. The third-order valence-corrected chi connectivity index (χ3v) is 4.69. The minimum atomic E-state index is -0.406. The quantitative estimate of drug-likeness (QED) is 0.651. The molecule has 2 aliphatic rings. The maximum atomic E-state index is 12.5. The van der Waals surface area contributed by atoms with Crippen molar-refractivity contribution in [3.63, 3.8) is 0 Å². The summed E-state index contributed by atoms with van der Waals surface area (Å²) in [6.45, 7) is 0.478. The van der Waals surface area contributed by atoms with E-state index in [2.05, 4.69) is 5.32 Å². The Labute approximate surface area is 111 Å². The molecule has 2 fully saturated rings. The van der Waals surface area contributed by atoms with Crippen LogP contribution in [0, 0.1) is 0 Å². The molecule has 0 aromatic rings. The fourth-order valence-corrected chi connectivity index (χ4v) is 3.70. The summed E-state index contributed by atoms with van der Waals surface area (Å²) < 4.78 is 0. The highest BCUT2D eigenvalue weighted by molar-refractivity contribution is 7.99. The molecule has 0 spiro atoms. The summed E-state index contributed by atoms with van der Waals surface area (Å²) in [7, 11) is 3.53. The predicted octanol–water partition coefficient (Wildman–Crippen LogP) is -1.33. The summed E-state index contributed by atoms with van der Waals surface area (Å²) in [6.07, 6.45) is 0.551. The fourth-order valence-electron chi connectivity index (χ4n) is 2.50. The van der Waals surface area contributed by atoms with Gasteiger partial charge in [0.15, 0.2) is 0 Å². The van der Waals surface area contributed by atoms with Crippen molar-refractivity contribution in [2.24, 2.45) is 5.73 Å². The molecule has 7 heteroatoms. The van der Waals surface area contributed by atoms with Crippen LogP contribution in [-0.4, -0.2) is 72.0 Å². The summed E-state index contributed by atoms with van der Waals surface area (Å²) in [6, 6.07) is -0.625. The van der Waals surface area contributed by atoms with Crippen molar-refractivity contribution in [3.8, 4) is 0 Å². The molecular weight excluding hydrogens is 252 g/mol. The van der Waals surface area contributed by atoms with Gasteiger partial charge in [0.2, 0.25) is 11.8 Å². The van der Waals surface area contributed by atoms with Crippen molar-refractivity contribution in [1.29, 1.82) is 0 Å². The zero-order valence-corrected chi connectivity index (χ0v) is 11.6. The van der Waals surface area contributed by atoms with Crippen LogP contribution in [-0.2, 0) is 9.59 Å². The number of likely N-dealkylation sites (tertiary alicyclic amines) is 1. The summed E-state index contributed by atoms with van der Waals surface area (Å²) in [5, 5.41) is 2.61. The van der Waals surface area contributed by atoms with Crippen LogP contribution in [0.3, 0.4) is 0 Å². The largest absolute Gasteiger partial charge is 0.357 e. The summed E-state index contributed by atoms with van der Waals surface area (Å²) in [5.41, 5.74) is 5.89. The van der Waals surface area contributed by atoms with Gasteiger partial charge in [0.1, 0.15) is 6.04 Å². The molecule has 0 saturated carbocycles. The van der Waals surface area contributed by atoms with Gasteiger partial charge < -0.3 is 16.0 Å². The number of nitrogens with zero attached hydrogens (tertiary/aromatic N) is 2. The SMILES string of the molecule is CNC(=O)[C@@H]1C[C@H](N)CN1C(=O)[C@@H]1CSCN1C. The van der Waals surface area contributed by atoms with Gasteiger partial charge in [0, 0.05) is 31.3 Å². The molecule has 0 radical (unpaired) electrons. The average molecular weight is 272 g/mol. The van der Waals surface area contributed by atoms with Crippen molar-refractivity contribution in [3.05, 3.63) is 0 Å². The number of amides is 2. The summed E-state index contributed by atoms with van der Waals surface area (Å²) in [5.74, 6) is 1.57. The van der Waals surface area contributed by atoms with E-state index in [9.17, 15) is 9.59 Å². The van der Waals surface area contributed by atoms with Crippen molar-refractivity contribution in [2.75, 3.05) is 32.3 Å². The smallest absolute Gasteiger partial charge is 0.242 e. The first-order valence-electron chi connectivity index (χ1n) is 6.10. The molecule has 2 saturated heterocycles. The van der Waals surface area contributed by atoms with Crippen LogP contribution in [0.2, 0.25) is 0 Å². The normalized spacial score (nSPS) is 32.8. The standard InChI is InChI=1S/C11H20N4O2S/c1-13-10(16)8-3-7(12)4-15(8)11(17)9-5-18-6-14(9)2/h7-9H,3-6,12H2,1-2H3,(H,13,16)/t7-,8-,9-/m0/s1. The van der Waals surface area contributed by atoms with Crippen LogP contribution in [0.5, 0.6) is 0 Å². The van der Waals surface area contributed by atoms with Gasteiger partial charge in [-0.25, -0.2) is 0 Å². The number of carbonyl (C=O) groups is 2. The third kappa shape index (κ3) is 2.48. The number of likely N-dealkylation sites (N-methyl/N-ethyl adjacent to an activating group) is 2. The van der Waals surface area contributed by atoms with E-state index in [0.717, 1.165) is 11.6 Å². The zero-order chi connectivity index (χ0) is 13.3. The Morgan fingerprint density at radius 2 is 2.11 bits per heavy atom. The molecule has 6 nitrogen and oxygen atoms in total. The molecule has 18 heavy (non-hydrogen) atoms. The van der Waals surface area contributed by atoms with Gasteiger partial charge in [0.05, 0.1) is 6.04 Å². The van der Waals surface area contributed by atoms with E-state index in [-0.39, 0.29) is 23.9 Å². The van der Waals surface area contributed by atoms with Crippen LogP contribution in [0.4, 0.5) is 0 Å². The Balaban J connectivity index is 2.10. The molecular formula is C11H20N4O2S. The Kier molecular flexibility index (Phi) is 4.14. The molecule has 0 aromatic carbocycles. The molecule has 102 valence electrons. The number of nitrogens with one attached hydrogen (secondary N) is 1. The first-order chi connectivity index (χ1) is 8.54. The van der Waals surface area contributed by atoms with E-state index in [4.69, 9.17) is 5.73 Å². The molecule has 0 unspecified atom stereocenters. The van der Waals surface area contributed by atoms with Crippen LogP contribution in [0.15, 0.2) is 0 Å². The lowest BCUT2D eigenvalue weighted by atomic mass is 10.1. The number of thioether (sulfide) groups is 1. The van der Waals surface area contributed by atoms with Crippen molar-refractivity contribution >= 4 is 23.6 Å². The fraction of sp³-hybridized carbons (Fsp3) is 0.818. The van der Waals surface area contributed by atoms with Crippen LogP contribution < -0.4 is 11.1 Å². The first-order valence-corrected chi connectivity index (χ1v) is 7.25. The molecule has 2 rings (SSSR count). The highest BCUT2D eigenvalue weighted by Gasteiger charge is 2.42. The van der Waals surface area contributed by atoms with Gasteiger partial charge in [-0.05, 0) is 13.5 Å². The molecule has 0 bridgehead atoms. The minimum Gasteiger partial charge on any atom is -0.357 e. The van der Waals surface area contributed by atoms with Crippen LogP contribution >= 0.6 is 11.8 Å². The number of rotatable bonds is 2. The molecule has 3 atom stereocenters. The van der Waals surface area contributed by atoms with Gasteiger partial charge >= 0.3 is 0 Å². The predicted molar refractivity (Wildman–Crippen MR) is 71.0 cm³/mol. The van der Waals surface area contributed by atoms with Gasteiger partial charge in [-0.15, -0.1) is 11.8 Å². The van der Waals surface area contributed by atoms with Crippen molar-refractivity contribution < 1.29 is 9.59 Å². The first kappa shape index (κ1) is 13.6. The van der Waals surface area contributed by atoms with Crippen molar-refractivity contribution in [1.82, 2.24) is 15.1 Å². The monoisotopic (exact) mass is 272 g/mol. The lowest BCUT2D eigenvalue weighted by Crippen LogP contribution is -2.51. The van der Waals surface area contributed by atoms with Gasteiger partial charge in [-0.3, -0.25) is 14.5 Å². The number of hydrogen-bond acceptors (Lipinski definition) is 5. The highest BCUT2D eigenvalue weighted by atomic mass is 32.2.